The first-order valence-electron chi connectivity index (χ1n) is 4.33. The molecule has 0 spiro atoms. The Morgan fingerprint density at radius 2 is 2.08 bits per heavy atom. The Bertz CT molecular complexity index is 122. The molecule has 2 nitrogen and oxygen atoms in total. The van der Waals surface area contributed by atoms with Crippen LogP contribution < -0.4 is 0 Å². The largest absolute Gasteiger partial charge is 0.462 e. The van der Waals surface area contributed by atoms with E-state index >= 15 is 0 Å². The van der Waals surface area contributed by atoms with Gasteiger partial charge in [0.25, 0.3) is 0 Å². The summed E-state index contributed by atoms with van der Waals surface area (Å²) < 4.78 is 11.3. The van der Waals surface area contributed by atoms with Gasteiger partial charge in [-0.15, -0.1) is 0 Å². The fourth-order valence-corrected chi connectivity index (χ4v) is 3.89. The molecule has 1 aliphatic rings. The smallest absolute Gasteiger partial charge is 0.202 e. The maximum Gasteiger partial charge on any atom is 0.202 e. The van der Waals surface area contributed by atoms with Crippen molar-refractivity contribution in [2.24, 2.45) is 0 Å². The molecule has 1 saturated heterocycles. The van der Waals surface area contributed by atoms with E-state index in [-0.39, 0.29) is 7.43 Å². The lowest BCUT2D eigenvalue weighted by atomic mass is 10.2. The normalized spacial score (nSPS) is 25.0. The molecule has 0 aliphatic carbocycles. The second kappa shape index (κ2) is 5.16. The third-order valence-corrected chi connectivity index (χ3v) is 8.70. The molecule has 0 amide bonds. The van der Waals surface area contributed by atoms with Crippen molar-refractivity contribution in [1.29, 1.82) is 0 Å². The van der Waals surface area contributed by atoms with Gasteiger partial charge in [-0.25, -0.2) is 0 Å². The maximum atomic E-state index is 5.69. The molecule has 0 saturated carbocycles. The highest BCUT2D eigenvalue weighted by atomic mass is 28.4. The molecule has 1 heterocycles. The van der Waals surface area contributed by atoms with Gasteiger partial charge in [-0.3, -0.25) is 0 Å². The molecule has 12 heavy (non-hydrogen) atoms. The summed E-state index contributed by atoms with van der Waals surface area (Å²) in [7, 11) is -0.574. The Kier molecular flexibility index (Phi) is 5.32. The zero-order valence-electron chi connectivity index (χ0n) is 7.72. The Morgan fingerprint density at radius 3 is 2.50 bits per heavy atom. The Morgan fingerprint density at radius 1 is 1.42 bits per heavy atom. The molecule has 4 heteroatoms. The van der Waals surface area contributed by atoms with Crippen molar-refractivity contribution in [3.63, 3.8) is 0 Å². The van der Waals surface area contributed by atoms with Gasteiger partial charge in [-0.2, -0.15) is 0 Å². The van der Waals surface area contributed by atoms with Crippen LogP contribution in [-0.2, 0) is 8.85 Å². The van der Waals surface area contributed by atoms with E-state index in [1.54, 1.807) is 0 Å². The van der Waals surface area contributed by atoms with Crippen LogP contribution >= 0.6 is 0 Å². The van der Waals surface area contributed by atoms with E-state index in [1.165, 1.54) is 19.3 Å². The lowest BCUT2D eigenvalue weighted by Gasteiger charge is -2.33. The van der Waals surface area contributed by atoms with Crippen LogP contribution in [0.1, 0.15) is 26.7 Å². The molecular weight excluding hydrogens is 184 g/mol. The zero-order chi connectivity index (χ0) is 8.32. The Hall–Kier alpha value is 0.354. The first-order chi connectivity index (χ1) is 5.17. The van der Waals surface area contributed by atoms with E-state index in [0.29, 0.717) is 5.73 Å². The fraction of sp³-hybridized carbons (Fsp3) is 1.00. The van der Waals surface area contributed by atoms with E-state index in [0.717, 1.165) is 17.1 Å². The van der Waals surface area contributed by atoms with Gasteiger partial charge in [0.05, 0.1) is 5.73 Å². The average molecular weight is 206 g/mol. The Balaban J connectivity index is 0.00000121. The molecule has 0 aromatic heterocycles. The summed E-state index contributed by atoms with van der Waals surface area (Å²) in [6, 6.07) is 0. The van der Waals surface area contributed by atoms with E-state index in [1.807, 2.05) is 0 Å². The molecule has 74 valence electrons. The molecule has 0 aromatic rings. The molecule has 1 unspecified atom stereocenters. The molecule has 0 aromatic carbocycles. The minimum atomic E-state index is -1.44. The monoisotopic (exact) mass is 206 g/mol. The minimum Gasteiger partial charge on any atom is -0.462 e. The summed E-state index contributed by atoms with van der Waals surface area (Å²) in [4.78, 5) is 0. The van der Waals surface area contributed by atoms with Crippen molar-refractivity contribution in [3.8, 4) is 0 Å². The second-order valence-corrected chi connectivity index (χ2v) is 9.15. The highest BCUT2D eigenvalue weighted by Crippen LogP contribution is 2.22. The average Bonchev–Trinajstić information content (AvgIpc) is 2.06. The zero-order valence-corrected chi connectivity index (χ0v) is 10.7. The highest BCUT2D eigenvalue weighted by Gasteiger charge is 2.33. The van der Waals surface area contributed by atoms with Crippen LogP contribution in [-0.4, -0.2) is 31.1 Å². The predicted molar refractivity (Wildman–Crippen MR) is 58.8 cm³/mol. The summed E-state index contributed by atoms with van der Waals surface area (Å²) in [5.41, 5.74) is 0.466. The van der Waals surface area contributed by atoms with Gasteiger partial charge in [-0.05, 0) is 32.4 Å². The quantitative estimate of drug-likeness (QED) is 0.633. The van der Waals surface area contributed by atoms with Crippen LogP contribution in [0, 0.1) is 0 Å². The summed E-state index contributed by atoms with van der Waals surface area (Å²) in [6.07, 6.45) is 3.79. The number of rotatable bonds is 2. The van der Waals surface area contributed by atoms with Gasteiger partial charge in [0.1, 0.15) is 10.5 Å². The van der Waals surface area contributed by atoms with E-state index < -0.39 is 8.32 Å². The van der Waals surface area contributed by atoms with Crippen molar-refractivity contribution in [3.05, 3.63) is 0 Å². The van der Waals surface area contributed by atoms with Crippen LogP contribution in [0.2, 0.25) is 13.1 Å². The highest BCUT2D eigenvalue weighted by molar-refractivity contribution is 6.74. The molecule has 1 rings (SSSR count). The van der Waals surface area contributed by atoms with Crippen molar-refractivity contribution in [2.45, 2.75) is 45.5 Å². The van der Waals surface area contributed by atoms with Crippen molar-refractivity contribution >= 4 is 18.8 Å². The van der Waals surface area contributed by atoms with E-state index in [9.17, 15) is 0 Å². The first-order valence-corrected chi connectivity index (χ1v) is 8.14. The number of hydrogen-bond donors (Lipinski definition) is 0. The third-order valence-electron chi connectivity index (χ3n) is 2.48. The number of hydrogen-bond acceptors (Lipinski definition) is 2. The molecule has 1 atom stereocenters. The van der Waals surface area contributed by atoms with Crippen molar-refractivity contribution in [1.82, 2.24) is 0 Å². The van der Waals surface area contributed by atoms with E-state index in [4.69, 9.17) is 8.85 Å². The van der Waals surface area contributed by atoms with Crippen LogP contribution in [0.5, 0.6) is 0 Å². The molecule has 1 fully saturated rings. The number of ether oxygens (including phenoxy) is 1. The van der Waals surface area contributed by atoms with Crippen LogP contribution in [0.3, 0.4) is 0 Å². The molecule has 0 radical (unpaired) electrons. The van der Waals surface area contributed by atoms with Gasteiger partial charge in [0.2, 0.25) is 8.32 Å². The van der Waals surface area contributed by atoms with Gasteiger partial charge in [0, 0.05) is 6.61 Å². The standard InChI is InChI=1S/C7H18O2Si2.CH4/c1-11(2,9-10)7-5-3-4-6-8-7;/h7H,3-6H2,1-2,10H3;1H4. The van der Waals surface area contributed by atoms with Crippen LogP contribution in [0.25, 0.3) is 0 Å². The van der Waals surface area contributed by atoms with Gasteiger partial charge in [0.15, 0.2) is 0 Å². The topological polar surface area (TPSA) is 18.5 Å². The lowest BCUT2D eigenvalue weighted by Crippen LogP contribution is -2.47. The summed E-state index contributed by atoms with van der Waals surface area (Å²) in [6.45, 7) is 5.47. The molecular formula is C8H22O2Si2. The SMILES string of the molecule is C.C[Si](C)(O[SiH3])C1CCCCO1. The summed E-state index contributed by atoms with van der Waals surface area (Å²) in [5.74, 6) is 0. The van der Waals surface area contributed by atoms with Gasteiger partial charge in [-0.1, -0.05) is 7.43 Å². The minimum absolute atomic E-state index is 0. The predicted octanol–water partition coefficient (Wildman–Crippen LogP) is 1.23. The van der Waals surface area contributed by atoms with Gasteiger partial charge < -0.3 is 8.85 Å². The molecule has 0 N–H and O–H groups in total. The molecule has 0 bridgehead atoms. The lowest BCUT2D eigenvalue weighted by molar-refractivity contribution is 0.0529. The second-order valence-electron chi connectivity index (χ2n) is 3.66. The van der Waals surface area contributed by atoms with Crippen molar-refractivity contribution in [2.75, 3.05) is 6.61 Å². The fourth-order valence-electron chi connectivity index (χ4n) is 1.42. The van der Waals surface area contributed by atoms with Gasteiger partial charge >= 0.3 is 0 Å². The maximum absolute atomic E-state index is 5.69. The summed E-state index contributed by atoms with van der Waals surface area (Å²) >= 11 is 0. The van der Waals surface area contributed by atoms with E-state index in [2.05, 4.69) is 13.1 Å². The first kappa shape index (κ1) is 12.4. The third kappa shape index (κ3) is 3.01. The Labute approximate surface area is 80.3 Å². The van der Waals surface area contributed by atoms with Crippen LogP contribution in [0.4, 0.5) is 0 Å². The van der Waals surface area contributed by atoms with Crippen molar-refractivity contribution < 1.29 is 8.85 Å². The summed E-state index contributed by atoms with van der Waals surface area (Å²) in [5, 5.41) is 0. The molecule has 1 aliphatic heterocycles. The van der Waals surface area contributed by atoms with Crippen LogP contribution in [0.15, 0.2) is 0 Å².